The Hall–Kier alpha value is -1.09. The van der Waals surface area contributed by atoms with Crippen LogP contribution in [-0.2, 0) is 0 Å². The Morgan fingerprint density at radius 2 is 2.06 bits per heavy atom. The molecule has 0 aliphatic rings. The van der Waals surface area contributed by atoms with Crippen molar-refractivity contribution in [1.82, 2.24) is 4.98 Å². The quantitative estimate of drug-likeness (QED) is 0.832. The summed E-state index contributed by atoms with van der Waals surface area (Å²) in [4.78, 5) is 6.63. The number of hydrogen-bond donors (Lipinski definition) is 1. The number of aromatic nitrogens is 1. The molecule has 0 amide bonds. The van der Waals surface area contributed by atoms with E-state index in [1.807, 2.05) is 12.1 Å². The molecule has 16 heavy (non-hydrogen) atoms. The molecule has 90 valence electrons. The van der Waals surface area contributed by atoms with Gasteiger partial charge in [0.15, 0.2) is 0 Å². The van der Waals surface area contributed by atoms with Crippen molar-refractivity contribution in [3.63, 3.8) is 0 Å². The van der Waals surface area contributed by atoms with Crippen molar-refractivity contribution >= 4 is 5.82 Å². The number of anilines is 1. The van der Waals surface area contributed by atoms with E-state index < -0.39 is 6.10 Å². The van der Waals surface area contributed by atoms with Gasteiger partial charge in [-0.1, -0.05) is 6.92 Å². The first kappa shape index (κ1) is 13.0. The van der Waals surface area contributed by atoms with Crippen LogP contribution in [0.15, 0.2) is 18.3 Å². The highest BCUT2D eigenvalue weighted by Gasteiger charge is 2.13. The molecule has 0 bridgehead atoms. The minimum atomic E-state index is -0.433. The minimum absolute atomic E-state index is 0.433. The summed E-state index contributed by atoms with van der Waals surface area (Å²) in [6.07, 6.45) is 2.43. The zero-order valence-corrected chi connectivity index (χ0v) is 10.6. The van der Waals surface area contributed by atoms with Crippen LogP contribution >= 0.6 is 0 Å². The van der Waals surface area contributed by atoms with Gasteiger partial charge in [0.1, 0.15) is 5.82 Å². The van der Waals surface area contributed by atoms with Gasteiger partial charge in [0.2, 0.25) is 0 Å². The molecule has 1 aromatic heterocycles. The zero-order chi connectivity index (χ0) is 12.1. The molecule has 3 heteroatoms. The number of pyridine rings is 1. The molecule has 0 radical (unpaired) electrons. The fourth-order valence-corrected chi connectivity index (χ4v) is 1.77. The van der Waals surface area contributed by atoms with E-state index in [-0.39, 0.29) is 0 Å². The highest BCUT2D eigenvalue weighted by molar-refractivity contribution is 5.42. The maximum Gasteiger partial charge on any atom is 0.129 e. The molecule has 0 fully saturated rings. The van der Waals surface area contributed by atoms with E-state index in [2.05, 4.69) is 30.7 Å². The normalized spacial score (nSPS) is 14.6. The second-order valence-electron chi connectivity index (χ2n) is 4.17. The number of hydrogen-bond acceptors (Lipinski definition) is 3. The van der Waals surface area contributed by atoms with E-state index in [1.54, 1.807) is 13.1 Å². The van der Waals surface area contributed by atoms with Crippen molar-refractivity contribution in [3.05, 3.63) is 23.9 Å². The van der Waals surface area contributed by atoms with Gasteiger partial charge >= 0.3 is 0 Å². The lowest BCUT2D eigenvalue weighted by Gasteiger charge is -2.28. The summed E-state index contributed by atoms with van der Waals surface area (Å²) >= 11 is 0. The van der Waals surface area contributed by atoms with Crippen molar-refractivity contribution in [2.75, 3.05) is 11.4 Å². The highest BCUT2D eigenvalue weighted by Crippen LogP contribution is 2.20. The number of aliphatic hydroxyl groups is 1. The highest BCUT2D eigenvalue weighted by atomic mass is 16.3. The van der Waals surface area contributed by atoms with E-state index in [9.17, 15) is 5.11 Å². The molecule has 1 N–H and O–H groups in total. The van der Waals surface area contributed by atoms with E-state index in [0.29, 0.717) is 6.04 Å². The third kappa shape index (κ3) is 2.95. The van der Waals surface area contributed by atoms with Gasteiger partial charge < -0.3 is 10.0 Å². The van der Waals surface area contributed by atoms with Crippen LogP contribution in [0, 0.1) is 0 Å². The molecule has 2 atom stereocenters. The SMILES string of the molecule is CCC(C)N(CC)c1cc(C(C)O)ccn1. The lowest BCUT2D eigenvalue weighted by Crippen LogP contribution is -2.33. The van der Waals surface area contributed by atoms with Crippen molar-refractivity contribution in [2.24, 2.45) is 0 Å². The number of aliphatic hydroxyl groups excluding tert-OH is 1. The Morgan fingerprint density at radius 1 is 1.38 bits per heavy atom. The third-order valence-electron chi connectivity index (χ3n) is 3.01. The molecule has 2 unspecified atom stereocenters. The first-order valence-electron chi connectivity index (χ1n) is 6.00. The van der Waals surface area contributed by atoms with Gasteiger partial charge in [-0.05, 0) is 44.9 Å². The van der Waals surface area contributed by atoms with E-state index >= 15 is 0 Å². The average Bonchev–Trinajstić information content (AvgIpc) is 2.30. The fourth-order valence-electron chi connectivity index (χ4n) is 1.77. The largest absolute Gasteiger partial charge is 0.389 e. The van der Waals surface area contributed by atoms with Gasteiger partial charge in [-0.3, -0.25) is 0 Å². The van der Waals surface area contributed by atoms with Crippen molar-refractivity contribution in [1.29, 1.82) is 0 Å². The Bertz CT molecular complexity index is 325. The number of rotatable bonds is 5. The summed E-state index contributed by atoms with van der Waals surface area (Å²) in [5.74, 6) is 0.954. The summed E-state index contributed by atoms with van der Waals surface area (Å²) in [7, 11) is 0. The summed E-state index contributed by atoms with van der Waals surface area (Å²) in [5.41, 5.74) is 0.923. The van der Waals surface area contributed by atoms with Crippen molar-refractivity contribution in [3.8, 4) is 0 Å². The second kappa shape index (κ2) is 5.85. The van der Waals surface area contributed by atoms with E-state index in [1.165, 1.54) is 0 Å². The van der Waals surface area contributed by atoms with Crippen LogP contribution in [0.1, 0.15) is 45.8 Å². The smallest absolute Gasteiger partial charge is 0.129 e. The molecular weight excluding hydrogens is 200 g/mol. The van der Waals surface area contributed by atoms with Crippen LogP contribution in [0.3, 0.4) is 0 Å². The maximum absolute atomic E-state index is 9.55. The van der Waals surface area contributed by atoms with E-state index in [4.69, 9.17) is 0 Å². The van der Waals surface area contributed by atoms with Gasteiger partial charge in [-0.2, -0.15) is 0 Å². The first-order chi connectivity index (χ1) is 7.60. The Kier molecular flexibility index (Phi) is 4.74. The predicted octanol–water partition coefficient (Wildman–Crippen LogP) is 2.76. The topological polar surface area (TPSA) is 36.4 Å². The monoisotopic (exact) mass is 222 g/mol. The average molecular weight is 222 g/mol. The minimum Gasteiger partial charge on any atom is -0.389 e. The molecule has 0 aromatic carbocycles. The summed E-state index contributed by atoms with van der Waals surface area (Å²) < 4.78 is 0. The molecule has 1 rings (SSSR count). The Morgan fingerprint density at radius 3 is 2.56 bits per heavy atom. The maximum atomic E-state index is 9.55. The van der Waals surface area contributed by atoms with Crippen LogP contribution in [-0.4, -0.2) is 22.7 Å². The molecule has 3 nitrogen and oxygen atoms in total. The van der Waals surface area contributed by atoms with Gasteiger partial charge in [0.25, 0.3) is 0 Å². The fraction of sp³-hybridized carbons (Fsp3) is 0.615. The molecule has 0 saturated carbocycles. The standard InChI is InChI=1S/C13H22N2O/c1-5-10(3)15(6-2)13-9-12(11(4)16)7-8-14-13/h7-11,16H,5-6H2,1-4H3. The zero-order valence-electron chi connectivity index (χ0n) is 10.6. The second-order valence-corrected chi connectivity index (χ2v) is 4.17. The first-order valence-corrected chi connectivity index (χ1v) is 6.00. The van der Waals surface area contributed by atoms with Crippen LogP contribution < -0.4 is 4.90 Å². The van der Waals surface area contributed by atoms with Crippen molar-refractivity contribution < 1.29 is 5.11 Å². The lowest BCUT2D eigenvalue weighted by atomic mass is 10.1. The Labute approximate surface area is 98.1 Å². The van der Waals surface area contributed by atoms with Gasteiger partial charge in [0.05, 0.1) is 6.10 Å². The summed E-state index contributed by atoms with van der Waals surface area (Å²) in [6.45, 7) is 9.21. The molecule has 0 aliphatic carbocycles. The molecule has 0 spiro atoms. The summed E-state index contributed by atoms with van der Waals surface area (Å²) in [5, 5.41) is 9.55. The predicted molar refractivity (Wildman–Crippen MR) is 67.6 cm³/mol. The molecule has 1 heterocycles. The van der Waals surface area contributed by atoms with Gasteiger partial charge in [-0.15, -0.1) is 0 Å². The molecule has 0 saturated heterocycles. The van der Waals surface area contributed by atoms with E-state index in [0.717, 1.165) is 24.3 Å². The van der Waals surface area contributed by atoms with Crippen LogP contribution in [0.5, 0.6) is 0 Å². The van der Waals surface area contributed by atoms with Gasteiger partial charge in [-0.25, -0.2) is 4.98 Å². The van der Waals surface area contributed by atoms with Crippen LogP contribution in [0.2, 0.25) is 0 Å². The number of nitrogens with zero attached hydrogens (tertiary/aromatic N) is 2. The molecule has 1 aromatic rings. The molecular formula is C13H22N2O. The van der Waals surface area contributed by atoms with Crippen LogP contribution in [0.25, 0.3) is 0 Å². The summed E-state index contributed by atoms with van der Waals surface area (Å²) in [6, 6.07) is 4.31. The van der Waals surface area contributed by atoms with Crippen molar-refractivity contribution in [2.45, 2.75) is 46.3 Å². The third-order valence-corrected chi connectivity index (χ3v) is 3.01. The molecule has 0 aliphatic heterocycles. The lowest BCUT2D eigenvalue weighted by molar-refractivity contribution is 0.199. The van der Waals surface area contributed by atoms with Gasteiger partial charge in [0, 0.05) is 18.8 Å². The Balaban J connectivity index is 2.96. The van der Waals surface area contributed by atoms with Crippen LogP contribution in [0.4, 0.5) is 5.82 Å².